The molecule has 0 spiro atoms. The van der Waals surface area contributed by atoms with Gasteiger partial charge in [0.1, 0.15) is 5.75 Å². The van der Waals surface area contributed by atoms with Crippen molar-refractivity contribution in [1.29, 1.82) is 0 Å². The minimum absolute atomic E-state index is 0. The van der Waals surface area contributed by atoms with Crippen LogP contribution < -0.4 is 10.1 Å². The van der Waals surface area contributed by atoms with Crippen LogP contribution in [0.1, 0.15) is 32.1 Å². The number of rotatable bonds is 8. The molecule has 6 nitrogen and oxygen atoms in total. The Morgan fingerprint density at radius 1 is 1.27 bits per heavy atom. The molecule has 1 aromatic rings. The lowest BCUT2D eigenvalue weighted by molar-refractivity contribution is -0.132. The van der Waals surface area contributed by atoms with Crippen LogP contribution in [0.4, 0.5) is 0 Å². The van der Waals surface area contributed by atoms with Crippen LogP contribution in [0.5, 0.6) is 5.75 Å². The molecule has 1 fully saturated rings. The molecule has 2 rings (SSSR count). The van der Waals surface area contributed by atoms with Crippen LogP contribution in [0.15, 0.2) is 29.2 Å². The minimum Gasteiger partial charge on any atom is -0.494 e. The quantitative estimate of drug-likeness (QED) is 0.672. The van der Waals surface area contributed by atoms with Gasteiger partial charge in [0.05, 0.1) is 11.5 Å². The van der Waals surface area contributed by atoms with Gasteiger partial charge in [-0.25, -0.2) is 8.42 Å². The number of carbonyl (C=O) groups excluding carboxylic acids is 1. The Bertz CT molecular complexity index is 664. The maximum absolute atomic E-state index is 12.2. The highest BCUT2D eigenvalue weighted by Gasteiger charge is 2.21. The summed E-state index contributed by atoms with van der Waals surface area (Å²) in [6, 6.07) is 6.82. The number of piperidine rings is 1. The summed E-state index contributed by atoms with van der Waals surface area (Å²) < 4.78 is 28.4. The third-order valence-corrected chi connectivity index (χ3v) is 5.62. The fourth-order valence-corrected chi connectivity index (χ4v) is 3.58. The Morgan fingerprint density at radius 3 is 2.58 bits per heavy atom. The molecular weight excluding hydrogens is 376 g/mol. The van der Waals surface area contributed by atoms with Gasteiger partial charge < -0.3 is 15.0 Å². The van der Waals surface area contributed by atoms with E-state index in [1.165, 1.54) is 6.26 Å². The standard InChI is InChI=1S/C18H28N2O4S.ClH/c1-19-15-6-5-12-20(14-15)18(21)7-3-4-13-24-16-8-10-17(11-9-16)25(2,22)23;/h8-11,15,19H,3-7,12-14H2,1-2H3;1H. The van der Waals surface area contributed by atoms with Crippen LogP contribution in [0.2, 0.25) is 0 Å². The number of hydrogen-bond donors (Lipinski definition) is 1. The Balaban J connectivity index is 0.00000338. The molecule has 1 amide bonds. The van der Waals surface area contributed by atoms with Crippen LogP contribution in [0, 0.1) is 0 Å². The number of carbonyl (C=O) groups is 1. The lowest BCUT2D eigenvalue weighted by Gasteiger charge is -2.32. The van der Waals surface area contributed by atoms with Crippen molar-refractivity contribution in [3.63, 3.8) is 0 Å². The number of ether oxygens (including phenoxy) is 1. The SMILES string of the molecule is CNC1CCCN(C(=O)CCCCOc2ccc(S(C)(=O)=O)cc2)C1.Cl. The molecule has 0 aliphatic carbocycles. The van der Waals surface area contributed by atoms with Crippen LogP contribution in [-0.4, -0.2) is 58.3 Å². The third-order valence-electron chi connectivity index (χ3n) is 4.49. The minimum atomic E-state index is -3.18. The van der Waals surface area contributed by atoms with E-state index in [9.17, 15) is 13.2 Å². The average molecular weight is 405 g/mol. The number of sulfone groups is 1. The van der Waals surface area contributed by atoms with Crippen molar-refractivity contribution >= 4 is 28.2 Å². The van der Waals surface area contributed by atoms with E-state index in [2.05, 4.69) is 5.32 Å². The number of amides is 1. The summed E-state index contributed by atoms with van der Waals surface area (Å²) in [5.41, 5.74) is 0. The number of halogens is 1. The second kappa shape index (κ2) is 10.7. The smallest absolute Gasteiger partial charge is 0.222 e. The Hall–Kier alpha value is -1.31. The van der Waals surface area contributed by atoms with E-state index in [1.807, 2.05) is 11.9 Å². The topological polar surface area (TPSA) is 75.7 Å². The van der Waals surface area contributed by atoms with E-state index < -0.39 is 9.84 Å². The van der Waals surface area contributed by atoms with E-state index in [0.29, 0.717) is 24.8 Å². The monoisotopic (exact) mass is 404 g/mol. The Morgan fingerprint density at radius 2 is 1.96 bits per heavy atom. The molecule has 1 aromatic carbocycles. The van der Waals surface area contributed by atoms with Gasteiger partial charge in [0.15, 0.2) is 9.84 Å². The van der Waals surface area contributed by atoms with E-state index in [1.54, 1.807) is 24.3 Å². The van der Waals surface area contributed by atoms with Gasteiger partial charge in [-0.2, -0.15) is 0 Å². The van der Waals surface area contributed by atoms with Crippen LogP contribution >= 0.6 is 12.4 Å². The van der Waals surface area contributed by atoms with Crippen LogP contribution in [0.3, 0.4) is 0 Å². The highest BCUT2D eigenvalue weighted by atomic mass is 35.5. The van der Waals surface area contributed by atoms with Crippen molar-refractivity contribution in [3.05, 3.63) is 24.3 Å². The molecule has 1 N–H and O–H groups in total. The third kappa shape index (κ3) is 7.13. The number of benzene rings is 1. The fourth-order valence-electron chi connectivity index (χ4n) is 2.95. The number of hydrogen-bond acceptors (Lipinski definition) is 5. The highest BCUT2D eigenvalue weighted by molar-refractivity contribution is 7.90. The summed E-state index contributed by atoms with van der Waals surface area (Å²) in [5.74, 6) is 0.865. The molecule has 1 aliphatic heterocycles. The van der Waals surface area contributed by atoms with Crippen molar-refractivity contribution in [2.24, 2.45) is 0 Å². The summed E-state index contributed by atoms with van der Waals surface area (Å²) in [6.45, 7) is 2.18. The number of nitrogens with zero attached hydrogens (tertiary/aromatic N) is 1. The maximum Gasteiger partial charge on any atom is 0.222 e. The predicted molar refractivity (Wildman–Crippen MR) is 105 cm³/mol. The zero-order valence-corrected chi connectivity index (χ0v) is 17.1. The Kier molecular flexibility index (Phi) is 9.39. The Labute approximate surface area is 162 Å². The van der Waals surface area contributed by atoms with Gasteiger partial charge in [-0.15, -0.1) is 12.4 Å². The number of unbranched alkanes of at least 4 members (excludes halogenated alkanes) is 1. The molecule has 0 radical (unpaired) electrons. The number of nitrogens with one attached hydrogen (secondary N) is 1. The molecule has 1 aliphatic rings. The van der Waals surface area contributed by atoms with Crippen LogP contribution in [-0.2, 0) is 14.6 Å². The van der Waals surface area contributed by atoms with E-state index >= 15 is 0 Å². The molecule has 0 saturated carbocycles. The molecule has 26 heavy (non-hydrogen) atoms. The van der Waals surface area contributed by atoms with Crippen molar-refractivity contribution in [2.45, 2.75) is 43.0 Å². The van der Waals surface area contributed by atoms with Crippen molar-refractivity contribution in [1.82, 2.24) is 10.2 Å². The molecule has 1 heterocycles. The fraction of sp³-hybridized carbons (Fsp3) is 0.611. The van der Waals surface area contributed by atoms with Crippen LogP contribution in [0.25, 0.3) is 0 Å². The summed E-state index contributed by atoms with van der Waals surface area (Å²) in [4.78, 5) is 14.5. The second-order valence-electron chi connectivity index (χ2n) is 6.52. The molecule has 8 heteroatoms. The predicted octanol–water partition coefficient (Wildman–Crippen LogP) is 2.27. The zero-order valence-electron chi connectivity index (χ0n) is 15.4. The van der Waals surface area contributed by atoms with Gasteiger partial charge in [0.25, 0.3) is 0 Å². The van der Waals surface area contributed by atoms with Crippen molar-refractivity contribution in [3.8, 4) is 5.75 Å². The molecule has 1 saturated heterocycles. The number of likely N-dealkylation sites (N-methyl/N-ethyl adjacent to an activating group) is 1. The molecule has 1 unspecified atom stereocenters. The first-order valence-corrected chi connectivity index (χ1v) is 10.7. The number of likely N-dealkylation sites (tertiary alicyclic amines) is 1. The van der Waals surface area contributed by atoms with Crippen molar-refractivity contribution < 1.29 is 17.9 Å². The summed E-state index contributed by atoms with van der Waals surface area (Å²) in [6.07, 6.45) is 5.51. The summed E-state index contributed by atoms with van der Waals surface area (Å²) >= 11 is 0. The average Bonchev–Trinajstić information content (AvgIpc) is 2.61. The van der Waals surface area contributed by atoms with E-state index in [0.717, 1.165) is 38.8 Å². The van der Waals surface area contributed by atoms with E-state index in [4.69, 9.17) is 4.74 Å². The summed E-state index contributed by atoms with van der Waals surface area (Å²) in [7, 11) is -1.23. The van der Waals surface area contributed by atoms with E-state index in [-0.39, 0.29) is 23.2 Å². The maximum atomic E-state index is 12.2. The molecular formula is C18H29ClN2O4S. The first-order valence-electron chi connectivity index (χ1n) is 8.78. The highest BCUT2D eigenvalue weighted by Crippen LogP contribution is 2.16. The lowest BCUT2D eigenvalue weighted by Crippen LogP contribution is -2.46. The zero-order chi connectivity index (χ0) is 18.3. The van der Waals surface area contributed by atoms with Gasteiger partial charge in [-0.3, -0.25) is 4.79 Å². The second-order valence-corrected chi connectivity index (χ2v) is 8.53. The molecule has 0 bridgehead atoms. The molecule has 1 atom stereocenters. The molecule has 148 valence electrons. The van der Waals surface area contributed by atoms with Gasteiger partial charge in [-0.1, -0.05) is 0 Å². The first-order chi connectivity index (χ1) is 11.9. The normalized spacial score (nSPS) is 17.5. The lowest BCUT2D eigenvalue weighted by atomic mass is 10.1. The van der Waals surface area contributed by atoms with Crippen molar-refractivity contribution in [2.75, 3.05) is 33.0 Å². The van der Waals surface area contributed by atoms with Gasteiger partial charge >= 0.3 is 0 Å². The van der Waals surface area contributed by atoms with Gasteiger partial charge in [0, 0.05) is 31.8 Å². The summed E-state index contributed by atoms with van der Waals surface area (Å²) in [5, 5.41) is 3.24. The van der Waals surface area contributed by atoms with Gasteiger partial charge in [0.2, 0.25) is 5.91 Å². The first kappa shape index (κ1) is 22.7. The van der Waals surface area contributed by atoms with Gasteiger partial charge in [-0.05, 0) is 57.0 Å². The largest absolute Gasteiger partial charge is 0.494 e. The molecule has 0 aromatic heterocycles.